The van der Waals surface area contributed by atoms with Gasteiger partial charge in [0.15, 0.2) is 0 Å². The molecule has 3 N–H and O–H groups in total. The van der Waals surface area contributed by atoms with Crippen LogP contribution in [0.3, 0.4) is 0 Å². The Labute approximate surface area is 180 Å². The molecule has 1 aromatic rings. The lowest BCUT2D eigenvalue weighted by molar-refractivity contribution is -0.188. The Balaban J connectivity index is 1.56. The summed E-state index contributed by atoms with van der Waals surface area (Å²) in [6.45, 7) is 0.286. The predicted octanol–water partition coefficient (Wildman–Crippen LogP) is 0.0967. The maximum atomic E-state index is 13.6. The van der Waals surface area contributed by atoms with Crippen molar-refractivity contribution in [1.82, 2.24) is 20.9 Å². The van der Waals surface area contributed by atoms with Crippen LogP contribution in [-0.4, -0.2) is 72.6 Å². The summed E-state index contributed by atoms with van der Waals surface area (Å²) < 4.78 is 46.1. The molecule has 4 rings (SSSR count). The van der Waals surface area contributed by atoms with Crippen molar-refractivity contribution in [3.63, 3.8) is 0 Å². The predicted molar refractivity (Wildman–Crippen MR) is 102 cm³/mol. The van der Waals surface area contributed by atoms with E-state index in [2.05, 4.69) is 16.0 Å². The van der Waals surface area contributed by atoms with Crippen LogP contribution in [0.5, 0.6) is 0 Å². The molecule has 9 nitrogen and oxygen atoms in total. The summed E-state index contributed by atoms with van der Waals surface area (Å²) in [5.74, 6) is -2.73. The van der Waals surface area contributed by atoms with Gasteiger partial charge in [-0.2, -0.15) is 13.2 Å². The van der Waals surface area contributed by atoms with Gasteiger partial charge in [-0.3, -0.25) is 34.7 Å². The smallest absolute Gasteiger partial charge is 0.374 e. The Morgan fingerprint density at radius 1 is 1.19 bits per heavy atom. The normalized spacial score (nSPS) is 25.0. The zero-order chi connectivity index (χ0) is 23.0. The van der Waals surface area contributed by atoms with Gasteiger partial charge in [-0.25, -0.2) is 0 Å². The monoisotopic (exact) mass is 454 g/mol. The highest BCUT2D eigenvalue weighted by atomic mass is 19.4. The topological polar surface area (TPSA) is 117 Å². The van der Waals surface area contributed by atoms with Gasteiger partial charge in [0.1, 0.15) is 12.1 Å². The highest BCUT2D eigenvalue weighted by Crippen LogP contribution is 2.31. The van der Waals surface area contributed by atoms with Crippen LogP contribution in [0.1, 0.15) is 39.1 Å². The highest BCUT2D eigenvalue weighted by Gasteiger charge is 2.47. The maximum Gasteiger partial charge on any atom is 0.406 e. The zero-order valence-electron chi connectivity index (χ0n) is 16.8. The average Bonchev–Trinajstić information content (AvgIpc) is 2.99. The van der Waals surface area contributed by atoms with E-state index in [4.69, 9.17) is 4.74 Å². The molecular weight excluding hydrogens is 433 g/mol. The number of morpholine rings is 1. The number of benzene rings is 1. The molecule has 3 unspecified atom stereocenters. The van der Waals surface area contributed by atoms with Gasteiger partial charge >= 0.3 is 6.18 Å². The third-order valence-electron chi connectivity index (χ3n) is 5.75. The van der Waals surface area contributed by atoms with Crippen molar-refractivity contribution in [2.75, 3.05) is 19.7 Å². The molecule has 3 atom stereocenters. The van der Waals surface area contributed by atoms with E-state index in [1.807, 2.05) is 0 Å². The van der Waals surface area contributed by atoms with Gasteiger partial charge in [-0.1, -0.05) is 12.1 Å². The summed E-state index contributed by atoms with van der Waals surface area (Å²) in [5, 5.41) is 7.38. The van der Waals surface area contributed by atoms with Gasteiger partial charge in [0, 0.05) is 26.1 Å². The Bertz CT molecular complexity index is 961. The van der Waals surface area contributed by atoms with Crippen molar-refractivity contribution in [3.05, 3.63) is 34.9 Å². The van der Waals surface area contributed by atoms with Gasteiger partial charge in [0.2, 0.25) is 11.8 Å². The fourth-order valence-electron chi connectivity index (χ4n) is 4.21. The Morgan fingerprint density at radius 3 is 2.62 bits per heavy atom. The van der Waals surface area contributed by atoms with Crippen LogP contribution in [0, 0.1) is 0 Å². The van der Waals surface area contributed by atoms with E-state index in [0.29, 0.717) is 6.54 Å². The van der Waals surface area contributed by atoms with E-state index in [0.717, 1.165) is 4.90 Å². The minimum atomic E-state index is -4.60. The highest BCUT2D eigenvalue weighted by molar-refractivity contribution is 6.24. The molecule has 3 heterocycles. The van der Waals surface area contributed by atoms with Crippen molar-refractivity contribution >= 4 is 23.6 Å². The first-order valence-electron chi connectivity index (χ1n) is 10.1. The number of carbonyl (C=O) groups is 4. The molecule has 32 heavy (non-hydrogen) atoms. The van der Waals surface area contributed by atoms with Crippen LogP contribution < -0.4 is 16.0 Å². The van der Waals surface area contributed by atoms with Gasteiger partial charge in [-0.15, -0.1) is 0 Å². The molecule has 0 spiro atoms. The van der Waals surface area contributed by atoms with Crippen molar-refractivity contribution in [3.8, 4) is 0 Å². The SMILES string of the molecule is O=C1CCC(N2C(=O)c3cccc(CNC(C4CNCCO4)C(F)(F)F)c3C2=O)C(=O)N1. The summed E-state index contributed by atoms with van der Waals surface area (Å²) in [6.07, 6.45) is -5.77. The van der Waals surface area contributed by atoms with Crippen LogP contribution in [0.4, 0.5) is 13.2 Å². The van der Waals surface area contributed by atoms with E-state index in [1.54, 1.807) is 0 Å². The summed E-state index contributed by atoms with van der Waals surface area (Å²) >= 11 is 0. The average molecular weight is 454 g/mol. The number of piperidine rings is 1. The second-order valence-corrected chi connectivity index (χ2v) is 7.80. The van der Waals surface area contributed by atoms with E-state index >= 15 is 0 Å². The van der Waals surface area contributed by atoms with Crippen LogP contribution in [0.25, 0.3) is 0 Å². The van der Waals surface area contributed by atoms with Crippen molar-refractivity contribution in [2.45, 2.75) is 43.8 Å². The molecule has 3 aliphatic rings. The number of nitrogens with zero attached hydrogens (tertiary/aromatic N) is 1. The number of amides is 4. The summed E-state index contributed by atoms with van der Waals surface area (Å²) in [6, 6.07) is 1.18. The second-order valence-electron chi connectivity index (χ2n) is 7.80. The number of hydrogen-bond acceptors (Lipinski definition) is 7. The molecule has 2 fully saturated rings. The minimum absolute atomic E-state index is 0.00805. The van der Waals surface area contributed by atoms with Gasteiger partial charge in [0.05, 0.1) is 23.8 Å². The van der Waals surface area contributed by atoms with Gasteiger partial charge in [0.25, 0.3) is 11.8 Å². The molecular formula is C20H21F3N4O5. The lowest BCUT2D eigenvalue weighted by Crippen LogP contribution is -2.57. The molecule has 172 valence electrons. The number of imide groups is 2. The first-order chi connectivity index (χ1) is 15.2. The quantitative estimate of drug-likeness (QED) is 0.541. The lowest BCUT2D eigenvalue weighted by atomic mass is 10.0. The molecule has 3 aliphatic heterocycles. The van der Waals surface area contributed by atoms with Gasteiger partial charge in [-0.05, 0) is 18.1 Å². The van der Waals surface area contributed by atoms with Crippen molar-refractivity contribution < 1.29 is 37.1 Å². The fraction of sp³-hybridized carbons (Fsp3) is 0.500. The van der Waals surface area contributed by atoms with Crippen LogP contribution in [-0.2, 0) is 20.9 Å². The number of nitrogens with one attached hydrogen (secondary N) is 3. The number of fused-ring (bicyclic) bond motifs is 1. The molecule has 0 aromatic heterocycles. The molecule has 4 amide bonds. The summed E-state index contributed by atoms with van der Waals surface area (Å²) in [5.41, 5.74) is 0.171. The van der Waals surface area contributed by atoms with Crippen LogP contribution in [0.15, 0.2) is 18.2 Å². The number of ether oxygens (including phenoxy) is 1. The maximum absolute atomic E-state index is 13.6. The van der Waals surface area contributed by atoms with Gasteiger partial charge < -0.3 is 10.1 Å². The molecule has 2 saturated heterocycles. The molecule has 0 bridgehead atoms. The molecule has 12 heteroatoms. The van der Waals surface area contributed by atoms with Crippen LogP contribution >= 0.6 is 0 Å². The molecule has 0 aliphatic carbocycles. The molecule has 0 radical (unpaired) electrons. The number of halogens is 3. The van der Waals surface area contributed by atoms with Crippen molar-refractivity contribution in [2.24, 2.45) is 0 Å². The largest absolute Gasteiger partial charge is 0.406 e. The number of carbonyl (C=O) groups excluding carboxylic acids is 4. The summed E-state index contributed by atoms with van der Waals surface area (Å²) in [7, 11) is 0. The number of rotatable bonds is 5. The third-order valence-corrected chi connectivity index (χ3v) is 5.75. The van der Waals surface area contributed by atoms with E-state index in [9.17, 15) is 32.3 Å². The third kappa shape index (κ3) is 4.12. The standard InChI is InChI=1S/C20H21F3N4O5/c21-20(22,23)16(13-9-24-6-7-32-13)25-8-10-2-1-3-11-15(10)19(31)27(18(11)30)12-4-5-14(28)26-17(12)29/h1-3,12-13,16,24-25H,4-9H2,(H,26,28,29). The first kappa shape index (κ1) is 22.4. The van der Waals surface area contributed by atoms with E-state index < -0.39 is 48.0 Å². The number of alkyl halides is 3. The minimum Gasteiger partial charge on any atom is -0.374 e. The van der Waals surface area contributed by atoms with E-state index in [1.165, 1.54) is 18.2 Å². The zero-order valence-corrected chi connectivity index (χ0v) is 16.8. The van der Waals surface area contributed by atoms with E-state index in [-0.39, 0.29) is 49.2 Å². The number of hydrogen-bond donors (Lipinski definition) is 3. The molecule has 1 aromatic carbocycles. The summed E-state index contributed by atoms with van der Waals surface area (Å²) in [4.78, 5) is 50.3. The molecule has 0 saturated carbocycles. The first-order valence-corrected chi connectivity index (χ1v) is 10.1. The fourth-order valence-corrected chi connectivity index (χ4v) is 4.21. The Hall–Kier alpha value is -2.83. The van der Waals surface area contributed by atoms with Crippen molar-refractivity contribution in [1.29, 1.82) is 0 Å². The Kier molecular flexibility index (Phi) is 6.01. The van der Waals surface area contributed by atoms with Crippen LogP contribution in [0.2, 0.25) is 0 Å². The lowest BCUT2D eigenvalue weighted by Gasteiger charge is -2.33. The Morgan fingerprint density at radius 2 is 1.97 bits per heavy atom. The second kappa shape index (κ2) is 8.60.